The van der Waals surface area contributed by atoms with Crippen molar-refractivity contribution in [3.63, 3.8) is 0 Å². The second-order valence-corrected chi connectivity index (χ2v) is 6.85. The largest absolute Gasteiger partial charge is 0.365 e. The average molecular weight is 397 g/mol. The third kappa shape index (κ3) is 2.98. The molecule has 0 amide bonds. The molecule has 140 valence electrons. The fourth-order valence-corrected chi connectivity index (χ4v) is 3.52. The molecule has 8 heteroatoms. The first-order valence-corrected chi connectivity index (χ1v) is 9.07. The van der Waals surface area contributed by atoms with Gasteiger partial charge in [-0.05, 0) is 30.3 Å². The number of nitrogens with zero attached hydrogens (tertiary/aromatic N) is 4. The van der Waals surface area contributed by atoms with Gasteiger partial charge in [-0.2, -0.15) is 4.98 Å². The molecule has 5 rings (SSSR count). The molecule has 1 unspecified atom stereocenters. The van der Waals surface area contributed by atoms with Crippen molar-refractivity contribution in [1.29, 1.82) is 0 Å². The molecule has 0 aliphatic carbocycles. The van der Waals surface area contributed by atoms with Gasteiger partial charge in [-0.3, -0.25) is 0 Å². The van der Waals surface area contributed by atoms with E-state index in [1.165, 1.54) is 12.1 Å². The van der Waals surface area contributed by atoms with Gasteiger partial charge < -0.3 is 13.8 Å². The number of hydrogen-bond donors (Lipinski definition) is 0. The molecule has 1 aliphatic rings. The summed E-state index contributed by atoms with van der Waals surface area (Å²) in [6.07, 6.45) is 1.58. The van der Waals surface area contributed by atoms with E-state index >= 15 is 0 Å². The van der Waals surface area contributed by atoms with Gasteiger partial charge in [-0.15, -0.1) is 0 Å². The summed E-state index contributed by atoms with van der Waals surface area (Å²) in [7, 11) is 0. The van der Waals surface area contributed by atoms with Gasteiger partial charge in [0.2, 0.25) is 5.82 Å². The highest BCUT2D eigenvalue weighted by Gasteiger charge is 2.27. The van der Waals surface area contributed by atoms with Crippen LogP contribution in [0.25, 0.3) is 23.0 Å². The fourth-order valence-electron chi connectivity index (χ4n) is 3.27. The summed E-state index contributed by atoms with van der Waals surface area (Å²) in [5, 5.41) is 4.66. The van der Waals surface area contributed by atoms with Gasteiger partial charge in [0.15, 0.2) is 5.69 Å². The lowest BCUT2D eigenvalue weighted by molar-refractivity contribution is 0.00336. The van der Waals surface area contributed by atoms with Crippen molar-refractivity contribution in [2.45, 2.75) is 19.3 Å². The predicted octanol–water partition coefficient (Wildman–Crippen LogP) is 4.66. The quantitative estimate of drug-likeness (QED) is 0.503. The normalized spacial score (nSPS) is 16.1. The minimum absolute atomic E-state index is 0.152. The van der Waals surface area contributed by atoms with Crippen LogP contribution in [0, 0.1) is 5.82 Å². The molecule has 0 fully saturated rings. The Morgan fingerprint density at radius 3 is 2.75 bits per heavy atom. The van der Waals surface area contributed by atoms with Gasteiger partial charge >= 0.3 is 0 Å². The highest BCUT2D eigenvalue weighted by atomic mass is 35.5. The van der Waals surface area contributed by atoms with E-state index in [-0.39, 0.29) is 11.9 Å². The number of ether oxygens (including phenoxy) is 1. The first kappa shape index (κ1) is 17.1. The first-order chi connectivity index (χ1) is 13.7. The summed E-state index contributed by atoms with van der Waals surface area (Å²) in [4.78, 5) is 8.83. The highest BCUT2D eigenvalue weighted by Crippen LogP contribution is 2.34. The number of rotatable bonds is 3. The number of benzene rings is 2. The molecule has 2 aromatic carbocycles. The van der Waals surface area contributed by atoms with E-state index in [9.17, 15) is 4.39 Å². The summed E-state index contributed by atoms with van der Waals surface area (Å²) < 4.78 is 26.5. The van der Waals surface area contributed by atoms with Crippen molar-refractivity contribution in [2.75, 3.05) is 0 Å². The Morgan fingerprint density at radius 1 is 1.11 bits per heavy atom. The lowest BCUT2D eigenvalue weighted by Crippen LogP contribution is -2.20. The van der Waals surface area contributed by atoms with Crippen LogP contribution in [0.1, 0.15) is 17.4 Å². The molecule has 6 nitrogen and oxygen atoms in total. The molecular weight excluding hydrogens is 383 g/mol. The monoisotopic (exact) mass is 396 g/mol. The predicted molar refractivity (Wildman–Crippen MR) is 99.9 cm³/mol. The van der Waals surface area contributed by atoms with Crippen LogP contribution in [0.2, 0.25) is 5.02 Å². The van der Waals surface area contributed by atoms with Crippen LogP contribution >= 0.6 is 11.6 Å². The zero-order valence-electron chi connectivity index (χ0n) is 14.5. The van der Waals surface area contributed by atoms with E-state index in [0.717, 1.165) is 11.3 Å². The first-order valence-electron chi connectivity index (χ1n) is 8.69. The maximum Gasteiger partial charge on any atom is 0.278 e. The zero-order chi connectivity index (χ0) is 19.1. The van der Waals surface area contributed by atoms with E-state index < -0.39 is 0 Å². The summed E-state index contributed by atoms with van der Waals surface area (Å²) in [6, 6.07) is 13.6. The number of hydrogen-bond acceptors (Lipinski definition) is 5. The van der Waals surface area contributed by atoms with Crippen LogP contribution in [0.3, 0.4) is 0 Å². The summed E-state index contributed by atoms with van der Waals surface area (Å²) in [5.41, 5.74) is 3.05. The molecule has 1 atom stereocenters. The Morgan fingerprint density at radius 2 is 1.93 bits per heavy atom. The van der Waals surface area contributed by atoms with Crippen LogP contribution in [0.4, 0.5) is 4.39 Å². The van der Waals surface area contributed by atoms with Crippen LogP contribution in [0.15, 0.2) is 59.4 Å². The van der Waals surface area contributed by atoms with Crippen LogP contribution in [-0.4, -0.2) is 19.7 Å². The molecule has 0 bridgehead atoms. The van der Waals surface area contributed by atoms with Crippen molar-refractivity contribution < 1.29 is 13.7 Å². The number of fused-ring (bicyclic) bond motifs is 1. The Kier molecular flexibility index (Phi) is 4.18. The molecule has 0 spiro atoms. The standard InChI is InChI=1S/C20H14ClFN4O2/c21-15-4-2-1-3-14(15)17-9-26-11-23-18(16(26)10-27-17)20-24-19(25-28-20)12-5-7-13(22)8-6-12/h1-8,11,17H,9-10H2. The smallest absolute Gasteiger partial charge is 0.278 e. The molecule has 28 heavy (non-hydrogen) atoms. The van der Waals surface area contributed by atoms with E-state index in [2.05, 4.69) is 15.1 Å². The molecule has 4 aromatic rings. The minimum atomic E-state index is -0.319. The molecule has 0 N–H and O–H groups in total. The third-order valence-corrected chi connectivity index (χ3v) is 5.06. The van der Waals surface area contributed by atoms with Crippen molar-refractivity contribution >= 4 is 11.6 Å². The van der Waals surface area contributed by atoms with Gasteiger partial charge in [0.1, 0.15) is 11.9 Å². The lowest BCUT2D eigenvalue weighted by atomic mass is 10.1. The zero-order valence-corrected chi connectivity index (χ0v) is 15.3. The van der Waals surface area contributed by atoms with E-state index in [0.29, 0.717) is 41.1 Å². The van der Waals surface area contributed by atoms with Crippen LogP contribution < -0.4 is 0 Å². The summed E-state index contributed by atoms with van der Waals surface area (Å²) in [6.45, 7) is 0.935. The number of aromatic nitrogens is 4. The third-order valence-electron chi connectivity index (χ3n) is 4.71. The van der Waals surface area contributed by atoms with Crippen LogP contribution in [-0.2, 0) is 17.9 Å². The fraction of sp³-hybridized carbons (Fsp3) is 0.150. The van der Waals surface area contributed by atoms with Gasteiger partial charge in [-0.25, -0.2) is 9.37 Å². The Bertz CT molecular complexity index is 1140. The molecule has 2 aromatic heterocycles. The molecule has 0 radical (unpaired) electrons. The van der Waals surface area contributed by atoms with Crippen molar-refractivity contribution in [2.24, 2.45) is 0 Å². The SMILES string of the molecule is Fc1ccc(-c2noc(-c3ncn4c3COC(c3ccccc3Cl)C4)n2)cc1. The van der Waals surface area contributed by atoms with Gasteiger partial charge in [0.25, 0.3) is 5.89 Å². The molecule has 0 saturated carbocycles. The molecule has 1 aliphatic heterocycles. The Balaban J connectivity index is 1.43. The lowest BCUT2D eigenvalue weighted by Gasteiger charge is -2.26. The van der Waals surface area contributed by atoms with E-state index in [4.69, 9.17) is 20.9 Å². The van der Waals surface area contributed by atoms with E-state index in [1.807, 2.05) is 28.8 Å². The van der Waals surface area contributed by atoms with Gasteiger partial charge in [0.05, 0.1) is 25.2 Å². The minimum Gasteiger partial charge on any atom is -0.365 e. The maximum atomic E-state index is 13.1. The van der Waals surface area contributed by atoms with E-state index in [1.54, 1.807) is 18.5 Å². The summed E-state index contributed by atoms with van der Waals surface area (Å²) >= 11 is 6.29. The maximum absolute atomic E-state index is 13.1. The molecule has 0 saturated heterocycles. The van der Waals surface area contributed by atoms with Crippen molar-refractivity contribution in [3.05, 3.63) is 77.0 Å². The molecular formula is C20H14ClFN4O2. The average Bonchev–Trinajstić information content (AvgIpc) is 3.35. The highest BCUT2D eigenvalue weighted by molar-refractivity contribution is 6.31. The van der Waals surface area contributed by atoms with Gasteiger partial charge in [-0.1, -0.05) is 35.0 Å². The number of imidazole rings is 1. The Labute approximate surface area is 164 Å². The van der Waals surface area contributed by atoms with Crippen molar-refractivity contribution in [3.8, 4) is 23.0 Å². The topological polar surface area (TPSA) is 66.0 Å². The number of halogens is 2. The second kappa shape index (κ2) is 6.85. The molecule has 3 heterocycles. The second-order valence-electron chi connectivity index (χ2n) is 6.44. The Hall–Kier alpha value is -3.03. The van der Waals surface area contributed by atoms with Crippen molar-refractivity contribution in [1.82, 2.24) is 19.7 Å². The summed E-state index contributed by atoms with van der Waals surface area (Å²) in [5.74, 6) is 0.358. The van der Waals surface area contributed by atoms with Crippen LogP contribution in [0.5, 0.6) is 0 Å². The van der Waals surface area contributed by atoms with Gasteiger partial charge in [0, 0.05) is 16.1 Å².